The van der Waals surface area contributed by atoms with Crippen LogP contribution in [0.15, 0.2) is 88.8 Å². The van der Waals surface area contributed by atoms with Crippen molar-refractivity contribution in [2.75, 3.05) is 26.2 Å². The number of aromatic hydroxyl groups is 1. The maximum atomic E-state index is 14.5. The highest BCUT2D eigenvalue weighted by Crippen LogP contribution is 2.21. The molecule has 21 N–H and O–H groups in total. The smallest absolute Gasteiger partial charge is 0.245 e. The Morgan fingerprint density at radius 3 is 1.66 bits per heavy atom. The summed E-state index contributed by atoms with van der Waals surface area (Å²) in [7, 11) is 0. The first kappa shape index (κ1) is 65.0. The molecule has 0 saturated carbocycles. The molecule has 0 aromatic heterocycles. The van der Waals surface area contributed by atoms with E-state index in [1.807, 2.05) is 6.92 Å². The van der Waals surface area contributed by atoms with Crippen LogP contribution in [0, 0.1) is 0 Å². The highest BCUT2D eigenvalue weighted by molar-refractivity contribution is 5.99. The summed E-state index contributed by atoms with van der Waals surface area (Å²) in [5.41, 5.74) is 40.1. The van der Waals surface area contributed by atoms with Crippen LogP contribution >= 0.6 is 0 Å². The summed E-state index contributed by atoms with van der Waals surface area (Å²) in [6.07, 6.45) is -1.31. The van der Waals surface area contributed by atoms with Crippen LogP contribution in [0.25, 0.3) is 0 Å². The Morgan fingerprint density at radius 1 is 0.585 bits per heavy atom. The molecule has 3 aromatic rings. The maximum Gasteiger partial charge on any atom is 0.245 e. The van der Waals surface area contributed by atoms with Crippen molar-refractivity contribution in [3.8, 4) is 11.5 Å². The molecule has 82 heavy (non-hydrogen) atoms. The van der Waals surface area contributed by atoms with Gasteiger partial charge in [-0.05, 0) is 92.8 Å². The van der Waals surface area contributed by atoms with Gasteiger partial charge in [0.25, 0.3) is 0 Å². The lowest BCUT2D eigenvalue weighted by molar-refractivity contribution is -0.142. The zero-order valence-electron chi connectivity index (χ0n) is 45.7. The number of phenolic OH excluding ortho intramolecular Hbond substituents is 1. The lowest BCUT2D eigenvalue weighted by atomic mass is 10.0. The van der Waals surface area contributed by atoms with E-state index in [1.165, 1.54) is 17.0 Å². The molecule has 444 valence electrons. The summed E-state index contributed by atoms with van der Waals surface area (Å²) in [5, 5.41) is 25.3. The van der Waals surface area contributed by atoms with Crippen molar-refractivity contribution in [1.29, 1.82) is 0 Å². The van der Waals surface area contributed by atoms with Crippen molar-refractivity contribution >= 4 is 71.0 Å². The summed E-state index contributed by atoms with van der Waals surface area (Å²) >= 11 is 0. The minimum atomic E-state index is -1.81. The van der Waals surface area contributed by atoms with E-state index in [1.54, 1.807) is 66.7 Å². The first-order chi connectivity index (χ1) is 39.0. The molecule has 0 unspecified atom stereocenters. The Labute approximate surface area is 473 Å². The first-order valence-electron chi connectivity index (χ1n) is 26.6. The van der Waals surface area contributed by atoms with Gasteiger partial charge in [-0.15, -0.1) is 0 Å². The van der Waals surface area contributed by atoms with Gasteiger partial charge in [-0.1, -0.05) is 54.6 Å². The minimum absolute atomic E-state index is 0.000483. The van der Waals surface area contributed by atoms with Crippen LogP contribution in [0.4, 0.5) is 0 Å². The van der Waals surface area contributed by atoms with Gasteiger partial charge in [0.05, 0.1) is 19.4 Å². The number of primary amides is 3. The number of hydrogen-bond donors (Lipinski definition) is 14. The third-order valence-electron chi connectivity index (χ3n) is 12.9. The van der Waals surface area contributed by atoms with E-state index in [0.717, 1.165) is 0 Å². The summed E-state index contributed by atoms with van der Waals surface area (Å²) in [6, 6.07) is 11.3. The van der Waals surface area contributed by atoms with Crippen LogP contribution in [0.5, 0.6) is 11.5 Å². The Bertz CT molecular complexity index is 2740. The van der Waals surface area contributed by atoms with Crippen LogP contribution in [0.1, 0.15) is 81.4 Å². The number of nitrogens with one attached hydrogen (secondary N) is 6. The quantitative estimate of drug-likeness (QED) is 0.0156. The van der Waals surface area contributed by atoms with E-state index in [2.05, 4.69) is 41.9 Å². The fourth-order valence-electron chi connectivity index (χ4n) is 8.81. The van der Waals surface area contributed by atoms with Crippen molar-refractivity contribution in [2.24, 2.45) is 50.1 Å². The van der Waals surface area contributed by atoms with Gasteiger partial charge in [-0.2, -0.15) is 0 Å². The molecule has 1 heterocycles. The largest absolute Gasteiger partial charge is 0.508 e. The van der Waals surface area contributed by atoms with Gasteiger partial charge in [0, 0.05) is 38.9 Å². The van der Waals surface area contributed by atoms with Crippen molar-refractivity contribution in [2.45, 2.75) is 126 Å². The third-order valence-corrected chi connectivity index (χ3v) is 12.9. The second-order valence-corrected chi connectivity index (χ2v) is 19.4. The van der Waals surface area contributed by atoms with Gasteiger partial charge in [0.1, 0.15) is 53.8 Å². The number of benzene rings is 3. The van der Waals surface area contributed by atoms with Gasteiger partial charge < -0.3 is 86.8 Å². The molecule has 10 amide bonds. The lowest BCUT2D eigenvalue weighted by Crippen LogP contribution is -2.60. The summed E-state index contributed by atoms with van der Waals surface area (Å²) in [6.45, 7) is 2.42. The van der Waals surface area contributed by atoms with Crippen molar-refractivity contribution in [1.82, 2.24) is 36.8 Å². The monoisotopic (exact) mass is 1140 g/mol. The number of hydrogen-bond acceptors (Lipinski definition) is 14. The SMILES string of the molecule is CCOc1ccc(C[C@@H](NC(=O)Cc2ccc(O)cc2)C(=O)N[C@@H](Cc2ccccc2)C(=O)N[C@@H](CCC(N)=O)C(=O)N[C@@H](CC(N)=O)C(=O)N[C@@H](CCCN=C(N)N)C(=O)N2CCC[C@H]2C(=O)N[C@@H](CCCN=C(N)N)C(N)=O)cc1. The average molecular weight is 1140 g/mol. The number of ether oxygens (including phenoxy) is 1. The number of likely N-dealkylation sites (tertiary alicyclic amines) is 1. The van der Waals surface area contributed by atoms with Gasteiger partial charge in [-0.3, -0.25) is 57.9 Å². The van der Waals surface area contributed by atoms with Crippen molar-refractivity contribution in [3.05, 3.63) is 95.6 Å². The van der Waals surface area contributed by atoms with E-state index in [9.17, 15) is 53.1 Å². The number of nitrogens with zero attached hydrogens (tertiary/aromatic N) is 3. The molecule has 1 aliphatic heterocycles. The molecule has 7 atom stereocenters. The Morgan fingerprint density at radius 2 is 1.10 bits per heavy atom. The average Bonchev–Trinajstić information content (AvgIpc) is 4.14. The maximum absolute atomic E-state index is 14.5. The van der Waals surface area contributed by atoms with E-state index in [-0.39, 0.29) is 88.7 Å². The Hall–Kier alpha value is -9.50. The molecule has 0 radical (unpaired) electrons. The lowest BCUT2D eigenvalue weighted by Gasteiger charge is -2.30. The molecule has 1 fully saturated rings. The molecule has 0 spiro atoms. The molecule has 0 aliphatic carbocycles. The number of aliphatic imine (C=N–C) groups is 2. The van der Waals surface area contributed by atoms with Crippen LogP contribution in [0.2, 0.25) is 0 Å². The van der Waals surface area contributed by atoms with E-state index >= 15 is 0 Å². The summed E-state index contributed by atoms with van der Waals surface area (Å²) < 4.78 is 5.56. The number of nitrogens with two attached hydrogens (primary N) is 7. The second-order valence-electron chi connectivity index (χ2n) is 19.4. The predicted molar refractivity (Wildman–Crippen MR) is 301 cm³/mol. The molecule has 1 saturated heterocycles. The molecule has 28 nitrogen and oxygen atoms in total. The molecule has 28 heteroatoms. The Balaban J connectivity index is 1.61. The number of phenols is 1. The number of carbonyl (C=O) groups is 10. The molecular weight excluding hydrogens is 1060 g/mol. The van der Waals surface area contributed by atoms with Crippen LogP contribution in [-0.2, 0) is 67.2 Å². The summed E-state index contributed by atoms with van der Waals surface area (Å²) in [4.78, 5) is 145. The second kappa shape index (κ2) is 33.2. The molecular formula is C54H76N16O12. The van der Waals surface area contributed by atoms with Crippen LogP contribution < -0.4 is 76.8 Å². The highest BCUT2D eigenvalue weighted by Gasteiger charge is 2.40. The van der Waals surface area contributed by atoms with Crippen LogP contribution in [0.3, 0.4) is 0 Å². The predicted octanol–water partition coefficient (Wildman–Crippen LogP) is -3.55. The number of carbonyl (C=O) groups excluding carboxylic acids is 10. The number of rotatable bonds is 34. The van der Waals surface area contributed by atoms with E-state index < -0.39 is 121 Å². The third kappa shape index (κ3) is 22.7. The highest BCUT2D eigenvalue weighted by atomic mass is 16.5. The minimum Gasteiger partial charge on any atom is -0.508 e. The first-order valence-corrected chi connectivity index (χ1v) is 26.6. The number of guanidine groups is 2. The molecule has 3 aromatic carbocycles. The zero-order chi connectivity index (χ0) is 60.3. The molecule has 1 aliphatic rings. The van der Waals surface area contributed by atoms with Crippen LogP contribution in [-0.4, -0.2) is 150 Å². The zero-order valence-corrected chi connectivity index (χ0v) is 45.7. The topological polar surface area (TPSA) is 482 Å². The van der Waals surface area contributed by atoms with Gasteiger partial charge in [0.2, 0.25) is 59.1 Å². The molecule has 4 rings (SSSR count). The summed E-state index contributed by atoms with van der Waals surface area (Å²) in [5.74, 6) is -8.62. The fourth-order valence-corrected chi connectivity index (χ4v) is 8.81. The number of amides is 10. The normalized spacial score (nSPS) is 14.8. The van der Waals surface area contributed by atoms with Crippen molar-refractivity contribution < 1.29 is 57.8 Å². The van der Waals surface area contributed by atoms with Gasteiger partial charge in [-0.25, -0.2) is 0 Å². The molecule has 0 bridgehead atoms. The standard InChI is InChI=1S/C54H76N16O12/c1-2-82-35-20-16-32(17-21-35)28-39(64-45(74)29-33-14-18-34(71)19-15-33)48(77)68-40(27-31-9-4-3-5-10-31)49(78)66-37(22-23-43(55)72)47(76)69-41(30-44(56)73)50(79)67-38(12-7-25-63-54(60)61)52(81)70-26-8-13-42(70)51(80)65-36(46(57)75)11-6-24-62-53(58)59/h3-5,9-10,14-21,36-42,71H,2,6-8,11-13,22-30H2,1H3,(H2,55,72)(H2,56,73)(H2,57,75)(H,64,74)(H,65,80)(H,66,78)(H,67,79)(H,68,77)(H,69,76)(H4,58,59,62)(H4,60,61,63)/t36-,37-,38-,39+,40-,41-,42-/m0/s1. The van der Waals surface area contributed by atoms with E-state index in [0.29, 0.717) is 35.5 Å². The van der Waals surface area contributed by atoms with Gasteiger partial charge in [0.15, 0.2) is 11.9 Å². The Kier molecular flexibility index (Phi) is 26.3. The van der Waals surface area contributed by atoms with E-state index in [4.69, 9.17) is 44.9 Å². The van der Waals surface area contributed by atoms with Crippen molar-refractivity contribution in [3.63, 3.8) is 0 Å². The fraction of sp³-hybridized carbons (Fsp3) is 0.444. The van der Waals surface area contributed by atoms with Gasteiger partial charge >= 0.3 is 0 Å².